The molecule has 2 fully saturated rings. The molecule has 0 radical (unpaired) electrons. The van der Waals surface area contributed by atoms with Crippen LogP contribution in [0.1, 0.15) is 25.7 Å². The zero-order valence-electron chi connectivity index (χ0n) is 9.42. The van der Waals surface area contributed by atoms with Crippen LogP contribution in [0.3, 0.4) is 0 Å². The van der Waals surface area contributed by atoms with Crippen LogP contribution in [0.2, 0.25) is 0 Å². The molecule has 0 aromatic rings. The highest BCUT2D eigenvalue weighted by atomic mass is 16.6. The predicted octanol–water partition coefficient (Wildman–Crippen LogP) is 0.622. The van der Waals surface area contributed by atoms with E-state index in [0.29, 0.717) is 0 Å². The van der Waals surface area contributed by atoms with Gasteiger partial charge in [-0.25, -0.2) is 0 Å². The third-order valence-corrected chi connectivity index (χ3v) is 3.14. The van der Waals surface area contributed by atoms with Crippen LogP contribution in [-0.4, -0.2) is 47.8 Å². The maximum Gasteiger partial charge on any atom is 0.107 e. The van der Waals surface area contributed by atoms with Gasteiger partial charge in [0.25, 0.3) is 0 Å². The van der Waals surface area contributed by atoms with E-state index in [0.717, 1.165) is 25.7 Å². The van der Waals surface area contributed by atoms with E-state index >= 15 is 0 Å². The molecule has 0 aromatic carbocycles. The SMILES string of the molecule is OC[C@@H]1O[C@H]1CC/C=C\CC[C@@H]1O[C@H]1CO. The average molecular weight is 228 g/mol. The normalized spacial score (nSPS) is 36.9. The highest BCUT2D eigenvalue weighted by Crippen LogP contribution is 2.27. The summed E-state index contributed by atoms with van der Waals surface area (Å²) in [5.74, 6) is 0. The lowest BCUT2D eigenvalue weighted by Crippen LogP contribution is -1.98. The second-order valence-corrected chi connectivity index (χ2v) is 4.42. The van der Waals surface area contributed by atoms with Crippen molar-refractivity contribution in [2.75, 3.05) is 13.2 Å². The Labute approximate surface area is 95.9 Å². The van der Waals surface area contributed by atoms with Gasteiger partial charge < -0.3 is 19.7 Å². The smallest absolute Gasteiger partial charge is 0.107 e. The third-order valence-electron chi connectivity index (χ3n) is 3.14. The summed E-state index contributed by atoms with van der Waals surface area (Å²) in [6.45, 7) is 0.298. The summed E-state index contributed by atoms with van der Waals surface area (Å²) in [4.78, 5) is 0. The van der Waals surface area contributed by atoms with Crippen LogP contribution < -0.4 is 0 Å². The number of ether oxygens (including phenoxy) is 2. The van der Waals surface area contributed by atoms with E-state index in [1.54, 1.807) is 0 Å². The monoisotopic (exact) mass is 228 g/mol. The summed E-state index contributed by atoms with van der Waals surface area (Å²) in [6.07, 6.45) is 9.09. The first-order chi connectivity index (χ1) is 7.85. The van der Waals surface area contributed by atoms with Crippen molar-refractivity contribution < 1.29 is 19.7 Å². The molecule has 0 spiro atoms. The van der Waals surface area contributed by atoms with E-state index in [-0.39, 0.29) is 37.6 Å². The quantitative estimate of drug-likeness (QED) is 0.472. The van der Waals surface area contributed by atoms with Crippen LogP contribution in [0.15, 0.2) is 12.2 Å². The van der Waals surface area contributed by atoms with E-state index in [4.69, 9.17) is 19.7 Å². The molecule has 16 heavy (non-hydrogen) atoms. The van der Waals surface area contributed by atoms with Crippen molar-refractivity contribution in [3.63, 3.8) is 0 Å². The lowest BCUT2D eigenvalue weighted by Gasteiger charge is -1.91. The second kappa shape index (κ2) is 5.77. The minimum atomic E-state index is 0.0959. The average Bonchev–Trinajstić information content (AvgIpc) is 3.18. The Kier molecular flexibility index (Phi) is 4.35. The first-order valence-corrected chi connectivity index (χ1v) is 6.02. The summed E-state index contributed by atoms with van der Waals surface area (Å²) >= 11 is 0. The van der Waals surface area contributed by atoms with Crippen molar-refractivity contribution in [2.45, 2.75) is 50.1 Å². The van der Waals surface area contributed by atoms with E-state index < -0.39 is 0 Å². The van der Waals surface area contributed by atoms with Crippen molar-refractivity contribution in [2.24, 2.45) is 0 Å². The molecular formula is C12H20O4. The first kappa shape index (κ1) is 12.0. The fourth-order valence-corrected chi connectivity index (χ4v) is 1.94. The number of rotatable bonds is 8. The molecule has 2 N–H and O–H groups in total. The highest BCUT2D eigenvalue weighted by molar-refractivity contribution is 4.91. The molecule has 0 saturated carbocycles. The van der Waals surface area contributed by atoms with Gasteiger partial charge in [-0.05, 0) is 25.7 Å². The zero-order valence-corrected chi connectivity index (χ0v) is 9.42. The Morgan fingerprint density at radius 1 is 0.750 bits per heavy atom. The first-order valence-electron chi connectivity index (χ1n) is 6.02. The number of aliphatic hydroxyl groups excluding tert-OH is 2. The molecule has 0 aliphatic carbocycles. The number of epoxide rings is 2. The minimum Gasteiger partial charge on any atom is -0.394 e. The summed E-state index contributed by atoms with van der Waals surface area (Å²) in [5.41, 5.74) is 0. The van der Waals surface area contributed by atoms with E-state index in [9.17, 15) is 0 Å². The van der Waals surface area contributed by atoms with Gasteiger partial charge in [0.1, 0.15) is 12.2 Å². The fraction of sp³-hybridized carbons (Fsp3) is 0.833. The molecule has 2 aliphatic heterocycles. The summed E-state index contributed by atoms with van der Waals surface area (Å²) < 4.78 is 10.4. The maximum atomic E-state index is 8.76. The van der Waals surface area contributed by atoms with Gasteiger partial charge in [0.05, 0.1) is 25.4 Å². The summed E-state index contributed by atoms with van der Waals surface area (Å²) in [5, 5.41) is 17.5. The summed E-state index contributed by atoms with van der Waals surface area (Å²) in [6, 6.07) is 0. The number of allylic oxidation sites excluding steroid dienone is 2. The third kappa shape index (κ3) is 3.56. The number of hydrogen-bond donors (Lipinski definition) is 2. The molecule has 92 valence electrons. The number of aliphatic hydroxyl groups is 2. The van der Waals surface area contributed by atoms with Crippen molar-refractivity contribution >= 4 is 0 Å². The second-order valence-electron chi connectivity index (χ2n) is 4.42. The molecular weight excluding hydrogens is 208 g/mol. The van der Waals surface area contributed by atoms with Crippen LogP contribution in [0.25, 0.3) is 0 Å². The molecule has 4 nitrogen and oxygen atoms in total. The molecule has 0 aromatic heterocycles. The molecule has 0 bridgehead atoms. The highest BCUT2D eigenvalue weighted by Gasteiger charge is 2.37. The predicted molar refractivity (Wildman–Crippen MR) is 59.1 cm³/mol. The lowest BCUT2D eigenvalue weighted by molar-refractivity contribution is 0.241. The Balaban J connectivity index is 1.42. The van der Waals surface area contributed by atoms with Gasteiger partial charge in [-0.15, -0.1) is 0 Å². The van der Waals surface area contributed by atoms with Gasteiger partial charge in [-0.2, -0.15) is 0 Å². The zero-order chi connectivity index (χ0) is 11.4. The maximum absolute atomic E-state index is 8.76. The molecule has 2 rings (SSSR count). The van der Waals surface area contributed by atoms with Gasteiger partial charge in [0.2, 0.25) is 0 Å². The van der Waals surface area contributed by atoms with Crippen molar-refractivity contribution in [3.05, 3.63) is 12.2 Å². The van der Waals surface area contributed by atoms with Crippen molar-refractivity contribution in [1.29, 1.82) is 0 Å². The van der Waals surface area contributed by atoms with E-state index in [1.165, 1.54) is 0 Å². The fourth-order valence-electron chi connectivity index (χ4n) is 1.94. The lowest BCUT2D eigenvalue weighted by atomic mass is 10.1. The van der Waals surface area contributed by atoms with Crippen molar-refractivity contribution in [1.82, 2.24) is 0 Å². The Bertz CT molecular complexity index is 217. The number of hydrogen-bond acceptors (Lipinski definition) is 4. The molecule has 0 amide bonds. The Morgan fingerprint density at radius 2 is 1.19 bits per heavy atom. The van der Waals surface area contributed by atoms with Gasteiger partial charge in [0, 0.05) is 0 Å². The Morgan fingerprint density at radius 3 is 1.50 bits per heavy atom. The standard InChI is InChI=1S/C12H20O4/c13-7-11-9(15-11)5-3-1-2-4-6-10-12(8-14)16-10/h1-2,9-14H,3-8H2/b2-1-/t9-,10-,11-,12-/m0/s1. The van der Waals surface area contributed by atoms with E-state index in [2.05, 4.69) is 12.2 Å². The molecule has 4 atom stereocenters. The summed E-state index contributed by atoms with van der Waals surface area (Å²) in [7, 11) is 0. The van der Waals surface area contributed by atoms with Crippen LogP contribution in [0, 0.1) is 0 Å². The molecule has 2 saturated heterocycles. The Hall–Kier alpha value is -0.420. The van der Waals surface area contributed by atoms with Crippen molar-refractivity contribution in [3.8, 4) is 0 Å². The largest absolute Gasteiger partial charge is 0.394 e. The van der Waals surface area contributed by atoms with Crippen LogP contribution >= 0.6 is 0 Å². The van der Waals surface area contributed by atoms with Crippen LogP contribution in [0.5, 0.6) is 0 Å². The van der Waals surface area contributed by atoms with Gasteiger partial charge in [0.15, 0.2) is 0 Å². The molecule has 2 heterocycles. The van der Waals surface area contributed by atoms with Crippen LogP contribution in [0.4, 0.5) is 0 Å². The minimum absolute atomic E-state index is 0.0959. The van der Waals surface area contributed by atoms with Crippen LogP contribution in [-0.2, 0) is 9.47 Å². The molecule has 4 heteroatoms. The van der Waals surface area contributed by atoms with Gasteiger partial charge in [-0.1, -0.05) is 12.2 Å². The topological polar surface area (TPSA) is 65.5 Å². The molecule has 2 aliphatic rings. The van der Waals surface area contributed by atoms with Gasteiger partial charge >= 0.3 is 0 Å². The van der Waals surface area contributed by atoms with Gasteiger partial charge in [-0.3, -0.25) is 0 Å². The molecule has 0 unspecified atom stereocenters. The van der Waals surface area contributed by atoms with E-state index in [1.807, 2.05) is 0 Å².